The summed E-state index contributed by atoms with van der Waals surface area (Å²) in [6, 6.07) is 13.1. The van der Waals surface area contributed by atoms with Gasteiger partial charge in [-0.3, -0.25) is 0 Å². The van der Waals surface area contributed by atoms with Crippen LogP contribution in [0.3, 0.4) is 0 Å². The Morgan fingerprint density at radius 2 is 1.86 bits per heavy atom. The number of nitriles is 1. The second kappa shape index (κ2) is 7.59. The number of ether oxygens (including phenoxy) is 2. The zero-order valence-corrected chi connectivity index (χ0v) is 15.0. The average Bonchev–Trinajstić information content (AvgIpc) is 3.04. The largest absolute Gasteiger partial charge is 0.464 e. The summed E-state index contributed by atoms with van der Waals surface area (Å²) in [6.07, 6.45) is -3.56. The molecular weight excluding hydrogens is 387 g/mol. The van der Waals surface area contributed by atoms with Crippen molar-refractivity contribution in [3.63, 3.8) is 0 Å². The van der Waals surface area contributed by atoms with E-state index in [4.69, 9.17) is 15.7 Å². The van der Waals surface area contributed by atoms with E-state index in [2.05, 4.69) is 4.74 Å². The van der Waals surface area contributed by atoms with Gasteiger partial charge >= 0.3 is 12.1 Å². The first-order valence-corrected chi connectivity index (χ1v) is 8.20. The van der Waals surface area contributed by atoms with Gasteiger partial charge in [0.2, 0.25) is 0 Å². The topological polar surface area (TPSA) is 90.3 Å². The lowest BCUT2D eigenvalue weighted by molar-refractivity contribution is -0.138. The molecule has 0 fully saturated rings. The van der Waals surface area contributed by atoms with E-state index in [0.717, 1.165) is 23.8 Å². The van der Waals surface area contributed by atoms with Gasteiger partial charge in [0.1, 0.15) is 23.1 Å². The van der Waals surface area contributed by atoms with Crippen molar-refractivity contribution in [2.75, 3.05) is 12.8 Å². The van der Waals surface area contributed by atoms with Crippen LogP contribution in [0.25, 0.3) is 5.69 Å². The van der Waals surface area contributed by atoms with Crippen LogP contribution in [0.15, 0.2) is 54.7 Å². The summed E-state index contributed by atoms with van der Waals surface area (Å²) in [7, 11) is 1.10. The SMILES string of the molecule is COC(=O)c1c(N)c(C#N)cn1-c1ccc(Oc2ccccc2)c(C(F)(F)F)c1. The quantitative estimate of drug-likeness (QED) is 0.649. The molecular formula is C20H14F3N3O3. The fourth-order valence-electron chi connectivity index (χ4n) is 2.71. The Hall–Kier alpha value is -3.93. The first-order valence-electron chi connectivity index (χ1n) is 8.20. The monoisotopic (exact) mass is 401 g/mol. The molecule has 6 nitrogen and oxygen atoms in total. The zero-order chi connectivity index (χ0) is 21.2. The number of nitrogens with zero attached hydrogens (tertiary/aromatic N) is 2. The number of alkyl halides is 3. The number of carbonyl (C=O) groups excluding carboxylic acids is 1. The first-order chi connectivity index (χ1) is 13.8. The summed E-state index contributed by atoms with van der Waals surface area (Å²) in [5, 5.41) is 9.15. The van der Waals surface area contributed by atoms with Crippen molar-refractivity contribution in [3.05, 3.63) is 71.5 Å². The Morgan fingerprint density at radius 3 is 2.45 bits per heavy atom. The highest BCUT2D eigenvalue weighted by Gasteiger charge is 2.35. The number of hydrogen-bond acceptors (Lipinski definition) is 5. The predicted molar refractivity (Wildman–Crippen MR) is 97.8 cm³/mol. The summed E-state index contributed by atoms with van der Waals surface area (Å²) in [4.78, 5) is 12.1. The lowest BCUT2D eigenvalue weighted by Gasteiger charge is -2.16. The second-order valence-electron chi connectivity index (χ2n) is 5.87. The van der Waals surface area contributed by atoms with E-state index in [1.807, 2.05) is 0 Å². The Labute approximate surface area is 163 Å². The summed E-state index contributed by atoms with van der Waals surface area (Å²) in [6.45, 7) is 0. The van der Waals surface area contributed by atoms with Gasteiger partial charge in [0.05, 0.1) is 18.4 Å². The molecule has 0 atom stereocenters. The van der Waals surface area contributed by atoms with Crippen LogP contribution in [0.2, 0.25) is 0 Å². The molecule has 29 heavy (non-hydrogen) atoms. The van der Waals surface area contributed by atoms with Gasteiger partial charge in [-0.15, -0.1) is 0 Å². The van der Waals surface area contributed by atoms with Crippen LogP contribution in [-0.2, 0) is 10.9 Å². The number of para-hydroxylation sites is 1. The maximum atomic E-state index is 13.7. The number of nitrogens with two attached hydrogens (primary N) is 1. The highest BCUT2D eigenvalue weighted by Crippen LogP contribution is 2.40. The zero-order valence-electron chi connectivity index (χ0n) is 15.0. The van der Waals surface area contributed by atoms with Gasteiger partial charge in [-0.05, 0) is 30.3 Å². The summed E-state index contributed by atoms with van der Waals surface area (Å²) in [5.74, 6) is -1.06. The van der Waals surface area contributed by atoms with Gasteiger partial charge in [0.15, 0.2) is 5.69 Å². The molecule has 1 aromatic heterocycles. The fourth-order valence-corrected chi connectivity index (χ4v) is 2.71. The number of hydrogen-bond donors (Lipinski definition) is 1. The standard InChI is InChI=1S/C20H14F3N3O3/c1-28-19(27)18-17(25)12(10-24)11-26(18)13-7-8-16(15(9-13)20(21,22)23)29-14-5-3-2-4-6-14/h2-9,11H,25H2,1H3. The maximum Gasteiger partial charge on any atom is 0.420 e. The molecule has 148 valence electrons. The van der Waals surface area contributed by atoms with Crippen molar-refractivity contribution in [2.45, 2.75) is 6.18 Å². The van der Waals surface area contributed by atoms with E-state index >= 15 is 0 Å². The van der Waals surface area contributed by atoms with Crippen molar-refractivity contribution < 1.29 is 27.4 Å². The molecule has 0 aliphatic heterocycles. The number of benzene rings is 2. The van der Waals surface area contributed by atoms with E-state index in [9.17, 15) is 18.0 Å². The molecule has 2 aromatic carbocycles. The third-order valence-corrected chi connectivity index (χ3v) is 4.06. The van der Waals surface area contributed by atoms with Crippen LogP contribution < -0.4 is 10.5 Å². The first kappa shape index (κ1) is 19.8. The fraction of sp³-hybridized carbons (Fsp3) is 0.100. The second-order valence-corrected chi connectivity index (χ2v) is 5.87. The van der Waals surface area contributed by atoms with Crippen LogP contribution in [0.1, 0.15) is 21.6 Å². The van der Waals surface area contributed by atoms with Crippen molar-refractivity contribution >= 4 is 11.7 Å². The minimum atomic E-state index is -4.73. The summed E-state index contributed by atoms with van der Waals surface area (Å²) >= 11 is 0. The third kappa shape index (κ3) is 3.87. The van der Waals surface area contributed by atoms with Crippen molar-refractivity contribution in [1.82, 2.24) is 4.57 Å². The van der Waals surface area contributed by atoms with E-state index in [0.29, 0.717) is 0 Å². The van der Waals surface area contributed by atoms with Crippen LogP contribution in [-0.4, -0.2) is 17.6 Å². The average molecular weight is 401 g/mol. The van der Waals surface area contributed by atoms with Gasteiger partial charge in [-0.2, -0.15) is 18.4 Å². The Bertz CT molecular complexity index is 1100. The molecule has 0 amide bonds. The number of methoxy groups -OCH3 is 1. The number of esters is 1. The number of aromatic nitrogens is 1. The molecule has 9 heteroatoms. The van der Waals surface area contributed by atoms with Crippen LogP contribution in [0.5, 0.6) is 11.5 Å². The molecule has 0 saturated heterocycles. The van der Waals surface area contributed by atoms with E-state index in [1.165, 1.54) is 24.4 Å². The molecule has 0 spiro atoms. The molecule has 1 heterocycles. The van der Waals surface area contributed by atoms with E-state index in [1.54, 1.807) is 24.3 Å². The molecule has 3 rings (SSSR count). The van der Waals surface area contributed by atoms with Gasteiger partial charge < -0.3 is 19.8 Å². The molecule has 0 unspecified atom stereocenters. The normalized spacial score (nSPS) is 11.0. The van der Waals surface area contributed by atoms with Gasteiger partial charge in [0.25, 0.3) is 0 Å². The number of rotatable bonds is 4. The van der Waals surface area contributed by atoms with Crippen molar-refractivity contribution in [1.29, 1.82) is 5.26 Å². The Kier molecular flexibility index (Phi) is 5.19. The lowest BCUT2D eigenvalue weighted by Crippen LogP contribution is -2.13. The third-order valence-electron chi connectivity index (χ3n) is 4.06. The molecule has 0 aliphatic carbocycles. The van der Waals surface area contributed by atoms with E-state index < -0.39 is 23.5 Å². The summed E-state index contributed by atoms with van der Waals surface area (Å²) < 4.78 is 52.1. The van der Waals surface area contributed by atoms with E-state index in [-0.39, 0.29) is 28.4 Å². The van der Waals surface area contributed by atoms with Gasteiger partial charge in [-0.1, -0.05) is 18.2 Å². The molecule has 0 bridgehead atoms. The lowest BCUT2D eigenvalue weighted by atomic mass is 10.1. The van der Waals surface area contributed by atoms with Gasteiger partial charge in [0, 0.05) is 11.9 Å². The van der Waals surface area contributed by atoms with Gasteiger partial charge in [-0.25, -0.2) is 4.79 Å². The number of carbonyl (C=O) groups is 1. The highest BCUT2D eigenvalue weighted by atomic mass is 19.4. The molecule has 0 radical (unpaired) electrons. The molecule has 0 aliphatic rings. The molecule has 2 N–H and O–H groups in total. The highest BCUT2D eigenvalue weighted by molar-refractivity contribution is 5.96. The number of halogens is 3. The minimum absolute atomic E-state index is 0.0358. The molecule has 3 aromatic rings. The van der Waals surface area contributed by atoms with Crippen LogP contribution >= 0.6 is 0 Å². The number of anilines is 1. The Morgan fingerprint density at radius 1 is 1.17 bits per heavy atom. The van der Waals surface area contributed by atoms with Crippen molar-refractivity contribution in [2.24, 2.45) is 0 Å². The summed E-state index contributed by atoms with van der Waals surface area (Å²) in [5.41, 5.74) is 4.21. The number of nitrogen functional groups attached to an aromatic ring is 1. The molecule has 0 saturated carbocycles. The smallest absolute Gasteiger partial charge is 0.420 e. The minimum Gasteiger partial charge on any atom is -0.464 e. The van der Waals surface area contributed by atoms with Crippen LogP contribution in [0, 0.1) is 11.3 Å². The predicted octanol–water partition coefficient (Wildman–Crippen LogP) is 4.53. The van der Waals surface area contributed by atoms with Crippen LogP contribution in [0.4, 0.5) is 18.9 Å². The van der Waals surface area contributed by atoms with Crippen molar-refractivity contribution in [3.8, 4) is 23.3 Å². The maximum absolute atomic E-state index is 13.7. The Balaban J connectivity index is 2.16.